The highest BCUT2D eigenvalue weighted by molar-refractivity contribution is 5.85. The Labute approximate surface area is 204 Å². The molecule has 2 aromatic heterocycles. The van der Waals surface area contributed by atoms with Crippen LogP contribution in [0.5, 0.6) is 5.75 Å². The summed E-state index contributed by atoms with van der Waals surface area (Å²) >= 11 is 0. The zero-order chi connectivity index (χ0) is 24.5. The average molecular weight is 473 g/mol. The number of nitrogens with zero attached hydrogens (tertiary/aromatic N) is 5. The molecule has 1 fully saturated rings. The molecule has 1 saturated heterocycles. The first-order valence-electron chi connectivity index (χ1n) is 12.2. The number of ether oxygens (including phenoxy) is 1. The largest absolute Gasteiger partial charge is 0.497 e. The number of hydrogen-bond acceptors (Lipinski definition) is 6. The highest BCUT2D eigenvalue weighted by Gasteiger charge is 2.32. The van der Waals surface area contributed by atoms with E-state index >= 15 is 0 Å². The van der Waals surface area contributed by atoms with E-state index in [1.165, 1.54) is 0 Å². The molecule has 0 unspecified atom stereocenters. The normalized spacial score (nSPS) is 16.0. The van der Waals surface area contributed by atoms with E-state index < -0.39 is 0 Å². The standard InChI is InChI=1S/C27H32N6O2/c1-17-11-13-32(14-12-17)25(23-15-22-18(2)5-6-19(3)24(22)28-27(23)34)26-29-30-31-33(26)16-20-7-9-21(35-4)10-8-20/h5-10,15,17,25H,11-14,16H2,1-4H3,(H,28,34)/t25-/m1/s1. The average Bonchev–Trinajstić information content (AvgIpc) is 3.31. The first-order valence-corrected chi connectivity index (χ1v) is 12.2. The molecule has 8 heteroatoms. The van der Waals surface area contributed by atoms with Gasteiger partial charge in [0.25, 0.3) is 5.56 Å². The van der Waals surface area contributed by atoms with Crippen LogP contribution >= 0.6 is 0 Å². The Morgan fingerprint density at radius 2 is 1.80 bits per heavy atom. The summed E-state index contributed by atoms with van der Waals surface area (Å²) < 4.78 is 7.10. The third-order valence-corrected chi connectivity index (χ3v) is 7.25. The van der Waals surface area contributed by atoms with E-state index in [2.05, 4.69) is 45.3 Å². The number of rotatable bonds is 6. The number of fused-ring (bicyclic) bond motifs is 1. The van der Waals surface area contributed by atoms with Gasteiger partial charge in [0, 0.05) is 10.9 Å². The lowest BCUT2D eigenvalue weighted by molar-refractivity contribution is 0.149. The second kappa shape index (κ2) is 9.62. The Morgan fingerprint density at radius 3 is 2.51 bits per heavy atom. The summed E-state index contributed by atoms with van der Waals surface area (Å²) in [6, 6.07) is 13.8. The first-order chi connectivity index (χ1) is 16.9. The van der Waals surface area contributed by atoms with Crippen LogP contribution in [0.25, 0.3) is 10.9 Å². The lowest BCUT2D eigenvalue weighted by Gasteiger charge is -2.36. The SMILES string of the molecule is COc1ccc(Cn2nnnc2[C@@H](c2cc3c(C)ccc(C)c3[nH]c2=O)N2CCC(C)CC2)cc1. The number of likely N-dealkylation sites (tertiary alicyclic amines) is 1. The minimum absolute atomic E-state index is 0.0891. The van der Waals surface area contributed by atoms with Crippen LogP contribution in [-0.4, -0.2) is 50.3 Å². The number of tetrazole rings is 1. The van der Waals surface area contributed by atoms with Crippen LogP contribution in [0.2, 0.25) is 0 Å². The molecule has 2 aromatic carbocycles. The van der Waals surface area contributed by atoms with Crippen molar-refractivity contribution < 1.29 is 4.74 Å². The number of piperidine rings is 1. The van der Waals surface area contributed by atoms with Crippen LogP contribution in [0, 0.1) is 19.8 Å². The van der Waals surface area contributed by atoms with E-state index in [4.69, 9.17) is 4.74 Å². The molecule has 0 radical (unpaired) electrons. The lowest BCUT2D eigenvalue weighted by Crippen LogP contribution is -2.40. The summed E-state index contributed by atoms with van der Waals surface area (Å²) in [5, 5.41) is 13.9. The van der Waals surface area contributed by atoms with Crippen molar-refractivity contribution in [1.29, 1.82) is 0 Å². The van der Waals surface area contributed by atoms with Crippen molar-refractivity contribution in [1.82, 2.24) is 30.1 Å². The number of benzene rings is 2. The van der Waals surface area contributed by atoms with Gasteiger partial charge in [-0.1, -0.05) is 31.2 Å². The molecule has 5 rings (SSSR count). The van der Waals surface area contributed by atoms with Gasteiger partial charge in [-0.05, 0) is 91.0 Å². The van der Waals surface area contributed by atoms with Gasteiger partial charge in [-0.25, -0.2) is 4.68 Å². The predicted octanol–water partition coefficient (Wildman–Crippen LogP) is 4.01. The van der Waals surface area contributed by atoms with Crippen molar-refractivity contribution in [3.63, 3.8) is 0 Å². The molecule has 4 aromatic rings. The molecule has 0 bridgehead atoms. The molecule has 35 heavy (non-hydrogen) atoms. The van der Waals surface area contributed by atoms with Crippen LogP contribution in [0.1, 0.15) is 53.9 Å². The number of aromatic nitrogens is 5. The Hall–Kier alpha value is -3.52. The van der Waals surface area contributed by atoms with Crippen molar-refractivity contribution in [3.05, 3.63) is 80.9 Å². The van der Waals surface area contributed by atoms with Crippen molar-refractivity contribution in [3.8, 4) is 5.75 Å². The van der Waals surface area contributed by atoms with Crippen LogP contribution in [0.3, 0.4) is 0 Å². The molecule has 1 aliphatic heterocycles. The minimum Gasteiger partial charge on any atom is -0.497 e. The van der Waals surface area contributed by atoms with Crippen LogP contribution in [-0.2, 0) is 6.54 Å². The summed E-state index contributed by atoms with van der Waals surface area (Å²) in [5.41, 5.74) is 4.74. The number of H-pyrrole nitrogens is 1. The highest BCUT2D eigenvalue weighted by atomic mass is 16.5. The maximum Gasteiger partial charge on any atom is 0.253 e. The van der Waals surface area contributed by atoms with Gasteiger partial charge >= 0.3 is 0 Å². The van der Waals surface area contributed by atoms with Gasteiger partial charge in [0.15, 0.2) is 5.82 Å². The predicted molar refractivity (Wildman–Crippen MR) is 136 cm³/mol. The zero-order valence-electron chi connectivity index (χ0n) is 20.8. The quantitative estimate of drug-likeness (QED) is 0.456. The molecule has 3 heterocycles. The summed E-state index contributed by atoms with van der Waals surface area (Å²) in [6.45, 7) is 8.69. The summed E-state index contributed by atoms with van der Waals surface area (Å²) in [7, 11) is 1.66. The molecule has 1 aliphatic rings. The smallest absolute Gasteiger partial charge is 0.253 e. The van der Waals surface area contributed by atoms with E-state index in [-0.39, 0.29) is 11.6 Å². The Morgan fingerprint density at radius 1 is 1.09 bits per heavy atom. The van der Waals surface area contributed by atoms with Gasteiger partial charge in [0.2, 0.25) is 0 Å². The second-order valence-electron chi connectivity index (χ2n) is 9.71. The van der Waals surface area contributed by atoms with Crippen molar-refractivity contribution in [2.24, 2.45) is 5.92 Å². The lowest BCUT2D eigenvalue weighted by atomic mass is 9.94. The van der Waals surface area contributed by atoms with Crippen LogP contribution in [0.15, 0.2) is 47.3 Å². The maximum atomic E-state index is 13.5. The molecule has 8 nitrogen and oxygen atoms in total. The topological polar surface area (TPSA) is 88.9 Å². The number of aromatic amines is 1. The van der Waals surface area contributed by atoms with Crippen LogP contribution < -0.4 is 10.3 Å². The molecule has 0 aliphatic carbocycles. The third kappa shape index (κ3) is 4.58. The molecular weight excluding hydrogens is 440 g/mol. The van der Waals surface area contributed by atoms with Crippen molar-refractivity contribution in [2.45, 2.75) is 46.2 Å². The molecule has 1 N–H and O–H groups in total. The summed E-state index contributed by atoms with van der Waals surface area (Å²) in [5.74, 6) is 2.16. The van der Waals surface area contributed by atoms with E-state index in [1.54, 1.807) is 7.11 Å². The second-order valence-corrected chi connectivity index (χ2v) is 9.71. The van der Waals surface area contributed by atoms with E-state index in [0.29, 0.717) is 23.9 Å². The van der Waals surface area contributed by atoms with Crippen molar-refractivity contribution in [2.75, 3.05) is 20.2 Å². The third-order valence-electron chi connectivity index (χ3n) is 7.25. The molecule has 182 valence electrons. The Kier molecular flexibility index (Phi) is 6.38. The van der Waals surface area contributed by atoms with Gasteiger partial charge in [-0.2, -0.15) is 0 Å². The fourth-order valence-electron chi connectivity index (χ4n) is 5.00. The minimum atomic E-state index is -0.330. The Bertz CT molecular complexity index is 1380. The monoisotopic (exact) mass is 472 g/mol. The molecule has 0 saturated carbocycles. The zero-order valence-corrected chi connectivity index (χ0v) is 20.8. The van der Waals surface area contributed by atoms with Crippen LogP contribution in [0.4, 0.5) is 0 Å². The number of hydrogen-bond donors (Lipinski definition) is 1. The summed E-state index contributed by atoms with van der Waals surface area (Å²) in [4.78, 5) is 19.0. The fraction of sp³-hybridized carbons (Fsp3) is 0.407. The van der Waals surface area contributed by atoms with Gasteiger partial charge in [-0.3, -0.25) is 9.69 Å². The number of methoxy groups -OCH3 is 1. The molecular formula is C27H32N6O2. The molecule has 0 spiro atoms. The van der Waals surface area contributed by atoms with Crippen molar-refractivity contribution >= 4 is 10.9 Å². The number of nitrogens with one attached hydrogen (secondary N) is 1. The molecule has 0 amide bonds. The fourth-order valence-corrected chi connectivity index (χ4v) is 5.00. The van der Waals surface area contributed by atoms with E-state index in [0.717, 1.165) is 59.3 Å². The Balaban J connectivity index is 1.61. The first kappa shape index (κ1) is 23.2. The summed E-state index contributed by atoms with van der Waals surface area (Å²) in [6.07, 6.45) is 2.17. The maximum absolute atomic E-state index is 13.5. The molecule has 1 atom stereocenters. The van der Waals surface area contributed by atoms with Gasteiger partial charge in [0.1, 0.15) is 11.8 Å². The number of aryl methyl sites for hydroxylation is 2. The van der Waals surface area contributed by atoms with Gasteiger partial charge in [-0.15, -0.1) is 5.10 Å². The van der Waals surface area contributed by atoms with E-state index in [9.17, 15) is 4.79 Å². The number of pyridine rings is 1. The highest BCUT2D eigenvalue weighted by Crippen LogP contribution is 2.32. The van der Waals surface area contributed by atoms with E-state index in [1.807, 2.05) is 48.0 Å². The van der Waals surface area contributed by atoms with Gasteiger partial charge < -0.3 is 9.72 Å². The van der Waals surface area contributed by atoms with Gasteiger partial charge in [0.05, 0.1) is 19.2 Å².